The highest BCUT2D eigenvalue weighted by Gasteiger charge is 2.20. The molecule has 49 heavy (non-hydrogen) atoms. The monoisotopic (exact) mass is 625 g/mol. The van der Waals surface area contributed by atoms with Gasteiger partial charge in [0.15, 0.2) is 17.5 Å². The first-order chi connectivity index (χ1) is 24.3. The van der Waals surface area contributed by atoms with Crippen molar-refractivity contribution in [2.45, 2.75) is 0 Å². The third-order valence-electron chi connectivity index (χ3n) is 9.50. The highest BCUT2D eigenvalue weighted by molar-refractivity contribution is 6.19. The zero-order valence-electron chi connectivity index (χ0n) is 26.3. The van der Waals surface area contributed by atoms with Crippen LogP contribution in [0.2, 0.25) is 0 Å². The van der Waals surface area contributed by atoms with Gasteiger partial charge in [-0.2, -0.15) is 0 Å². The van der Waals surface area contributed by atoms with E-state index in [4.69, 9.17) is 19.4 Å². The van der Waals surface area contributed by atoms with E-state index in [1.165, 1.54) is 26.9 Å². The molecule has 0 unspecified atom stereocenters. The summed E-state index contributed by atoms with van der Waals surface area (Å²) in [7, 11) is 0. The number of nitrogens with zero attached hydrogens (tertiary/aromatic N) is 3. The van der Waals surface area contributed by atoms with Crippen molar-refractivity contribution in [3.8, 4) is 45.3 Å². The predicted octanol–water partition coefficient (Wildman–Crippen LogP) is 11.9. The van der Waals surface area contributed by atoms with Gasteiger partial charge >= 0.3 is 0 Å². The Hall–Kier alpha value is -6.65. The van der Waals surface area contributed by atoms with E-state index in [1.54, 1.807) is 0 Å². The van der Waals surface area contributed by atoms with Crippen LogP contribution in [0.15, 0.2) is 168 Å². The van der Waals surface area contributed by atoms with E-state index in [9.17, 15) is 0 Å². The molecule has 0 radical (unpaired) electrons. The largest absolute Gasteiger partial charge is 0.455 e. The smallest absolute Gasteiger partial charge is 0.164 e. The van der Waals surface area contributed by atoms with Crippen molar-refractivity contribution in [2.24, 2.45) is 0 Å². The summed E-state index contributed by atoms with van der Waals surface area (Å²) in [6.07, 6.45) is 0. The maximum atomic E-state index is 6.77. The minimum Gasteiger partial charge on any atom is -0.455 e. The Labute approximate surface area is 282 Å². The molecule has 0 saturated heterocycles. The topological polar surface area (TPSA) is 51.8 Å². The second-order valence-corrected chi connectivity index (χ2v) is 12.4. The molecule has 228 valence electrons. The van der Waals surface area contributed by atoms with Gasteiger partial charge < -0.3 is 4.42 Å². The van der Waals surface area contributed by atoms with Gasteiger partial charge in [-0.3, -0.25) is 0 Å². The third-order valence-corrected chi connectivity index (χ3v) is 9.50. The van der Waals surface area contributed by atoms with Crippen LogP contribution >= 0.6 is 0 Å². The van der Waals surface area contributed by atoms with Crippen LogP contribution < -0.4 is 0 Å². The average molecular weight is 626 g/mol. The van der Waals surface area contributed by atoms with Crippen LogP contribution in [0, 0.1) is 0 Å². The normalized spacial score (nSPS) is 11.7. The molecule has 0 aliphatic rings. The van der Waals surface area contributed by atoms with Crippen LogP contribution in [-0.4, -0.2) is 15.0 Å². The fraction of sp³-hybridized carbons (Fsp3) is 0. The quantitative estimate of drug-likeness (QED) is 0.183. The van der Waals surface area contributed by atoms with Gasteiger partial charge in [0.05, 0.1) is 0 Å². The molecular weight excluding hydrogens is 599 g/mol. The highest BCUT2D eigenvalue weighted by Crippen LogP contribution is 2.43. The van der Waals surface area contributed by atoms with E-state index in [0.717, 1.165) is 55.1 Å². The molecule has 0 N–H and O–H groups in total. The van der Waals surface area contributed by atoms with Crippen molar-refractivity contribution in [1.29, 1.82) is 0 Å². The first kappa shape index (κ1) is 27.5. The molecule has 4 heteroatoms. The van der Waals surface area contributed by atoms with E-state index < -0.39 is 0 Å². The van der Waals surface area contributed by atoms with E-state index >= 15 is 0 Å². The maximum absolute atomic E-state index is 6.77. The van der Waals surface area contributed by atoms with Gasteiger partial charge in [0.2, 0.25) is 0 Å². The standard InChI is InChI=1S/C45H27N3O/c1-2-13-29(14-3-1)43-46-44(32-25-24-28-12-4-5-15-30(28)26-32)48-45(47-43)38-22-11-23-40-41(38)37-21-10-20-36(42(37)49-40)39-27-31-16-6-7-17-33(31)34-18-8-9-19-35(34)39/h1-27H. The summed E-state index contributed by atoms with van der Waals surface area (Å²) >= 11 is 0. The molecule has 0 aliphatic heterocycles. The lowest BCUT2D eigenvalue weighted by atomic mass is 9.92. The third kappa shape index (κ3) is 4.49. The van der Waals surface area contributed by atoms with E-state index in [1.807, 2.05) is 42.5 Å². The van der Waals surface area contributed by atoms with Crippen LogP contribution in [0.1, 0.15) is 0 Å². The first-order valence-corrected chi connectivity index (χ1v) is 16.4. The molecule has 2 aromatic heterocycles. The van der Waals surface area contributed by atoms with Crippen LogP contribution in [0.5, 0.6) is 0 Å². The highest BCUT2D eigenvalue weighted by atomic mass is 16.3. The summed E-state index contributed by atoms with van der Waals surface area (Å²) in [6.45, 7) is 0. The molecule has 0 atom stereocenters. The van der Waals surface area contributed by atoms with Crippen LogP contribution in [0.25, 0.3) is 99.5 Å². The summed E-state index contributed by atoms with van der Waals surface area (Å²) in [5.74, 6) is 1.86. The molecule has 10 aromatic rings. The van der Waals surface area contributed by atoms with Gasteiger partial charge in [-0.25, -0.2) is 15.0 Å². The summed E-state index contributed by atoms with van der Waals surface area (Å²) in [5.41, 5.74) is 6.61. The summed E-state index contributed by atoms with van der Waals surface area (Å²) in [6, 6.07) is 56.9. The SMILES string of the molecule is c1ccc(-c2nc(-c3ccc4ccccc4c3)nc(-c3cccc4oc5c(-c6cc7ccccc7c7ccccc67)cccc5c34)n2)cc1. The Morgan fingerprint density at radius 1 is 0.347 bits per heavy atom. The molecule has 4 nitrogen and oxygen atoms in total. The second kappa shape index (κ2) is 11.0. The number of fused-ring (bicyclic) bond motifs is 7. The van der Waals surface area contributed by atoms with E-state index in [0.29, 0.717) is 17.5 Å². The Morgan fingerprint density at radius 3 is 1.84 bits per heavy atom. The van der Waals surface area contributed by atoms with Crippen molar-refractivity contribution < 1.29 is 4.42 Å². The summed E-state index contributed by atoms with van der Waals surface area (Å²) < 4.78 is 6.77. The summed E-state index contributed by atoms with van der Waals surface area (Å²) in [5, 5.41) is 9.18. The molecular formula is C45H27N3O. The Morgan fingerprint density at radius 2 is 0.980 bits per heavy atom. The summed E-state index contributed by atoms with van der Waals surface area (Å²) in [4.78, 5) is 15.2. The zero-order chi connectivity index (χ0) is 32.3. The van der Waals surface area contributed by atoms with E-state index in [-0.39, 0.29) is 0 Å². The first-order valence-electron chi connectivity index (χ1n) is 16.4. The van der Waals surface area contributed by atoms with Gasteiger partial charge in [0.1, 0.15) is 11.2 Å². The molecule has 2 heterocycles. The van der Waals surface area contributed by atoms with Crippen molar-refractivity contribution in [3.63, 3.8) is 0 Å². The number of hydrogen-bond acceptors (Lipinski definition) is 4. The van der Waals surface area contributed by atoms with Crippen molar-refractivity contribution in [1.82, 2.24) is 15.0 Å². The van der Waals surface area contributed by atoms with Crippen LogP contribution in [0.4, 0.5) is 0 Å². The van der Waals surface area contributed by atoms with Gasteiger partial charge in [-0.15, -0.1) is 0 Å². The van der Waals surface area contributed by atoms with Gasteiger partial charge in [0.25, 0.3) is 0 Å². The maximum Gasteiger partial charge on any atom is 0.164 e. The molecule has 0 fully saturated rings. The lowest BCUT2D eigenvalue weighted by Crippen LogP contribution is -2.00. The Bertz CT molecular complexity index is 2890. The second-order valence-electron chi connectivity index (χ2n) is 12.4. The fourth-order valence-corrected chi connectivity index (χ4v) is 7.19. The van der Waals surface area contributed by atoms with Gasteiger partial charge in [0, 0.05) is 33.0 Å². The molecule has 0 amide bonds. The fourth-order valence-electron chi connectivity index (χ4n) is 7.19. The van der Waals surface area contributed by atoms with Crippen molar-refractivity contribution in [2.75, 3.05) is 0 Å². The number of hydrogen-bond donors (Lipinski definition) is 0. The molecule has 10 rings (SSSR count). The number of aromatic nitrogens is 3. The number of furan rings is 1. The number of rotatable bonds is 4. The van der Waals surface area contributed by atoms with Crippen LogP contribution in [-0.2, 0) is 0 Å². The zero-order valence-corrected chi connectivity index (χ0v) is 26.3. The molecule has 0 aliphatic carbocycles. The average Bonchev–Trinajstić information content (AvgIpc) is 3.57. The minimum absolute atomic E-state index is 0.604. The van der Waals surface area contributed by atoms with Gasteiger partial charge in [-0.1, -0.05) is 146 Å². The lowest BCUT2D eigenvalue weighted by Gasteiger charge is -2.11. The van der Waals surface area contributed by atoms with Crippen LogP contribution in [0.3, 0.4) is 0 Å². The van der Waals surface area contributed by atoms with E-state index in [2.05, 4.69) is 121 Å². The predicted molar refractivity (Wildman–Crippen MR) is 201 cm³/mol. The van der Waals surface area contributed by atoms with Gasteiger partial charge in [-0.05, 0) is 56.1 Å². The minimum atomic E-state index is 0.604. The molecule has 0 bridgehead atoms. The molecule has 0 spiro atoms. The molecule has 0 saturated carbocycles. The number of benzene rings is 8. The molecule has 8 aromatic carbocycles. The Kier molecular flexibility index (Phi) is 6.15. The van der Waals surface area contributed by atoms with Crippen molar-refractivity contribution >= 4 is 54.3 Å². The lowest BCUT2D eigenvalue weighted by molar-refractivity contribution is 0.670. The van der Waals surface area contributed by atoms with Crippen molar-refractivity contribution in [3.05, 3.63) is 164 Å². The Balaban J connectivity index is 1.22. The number of para-hydroxylation sites is 1.